The Balaban J connectivity index is 3.10. The molecule has 0 radical (unpaired) electrons. The minimum Gasteiger partial charge on any atom is -0.493 e. The van der Waals surface area contributed by atoms with Crippen molar-refractivity contribution in [2.24, 2.45) is 0 Å². The number of carbonyl (C=O) groups excluding carboxylic acids is 1. The summed E-state index contributed by atoms with van der Waals surface area (Å²) >= 11 is 0. The SMILES string of the molecule is COc1cc(NC(=O)CC#N)cc(CCC(=O)O)c1OC. The smallest absolute Gasteiger partial charge is 0.303 e. The first-order chi connectivity index (χ1) is 10.0. The number of nitrogens with zero attached hydrogens (tertiary/aromatic N) is 1. The maximum Gasteiger partial charge on any atom is 0.303 e. The average molecular weight is 292 g/mol. The van der Waals surface area contributed by atoms with Crippen molar-refractivity contribution in [1.82, 2.24) is 0 Å². The molecule has 0 saturated carbocycles. The molecule has 0 aromatic heterocycles. The van der Waals surface area contributed by atoms with Gasteiger partial charge in [0, 0.05) is 23.7 Å². The Bertz CT molecular complexity index is 577. The summed E-state index contributed by atoms with van der Waals surface area (Å²) in [6, 6.07) is 4.91. The quantitative estimate of drug-likeness (QED) is 0.789. The number of carboxylic acids is 1. The number of nitrogens with one attached hydrogen (secondary N) is 1. The third-order valence-electron chi connectivity index (χ3n) is 2.69. The summed E-state index contributed by atoms with van der Waals surface area (Å²) in [4.78, 5) is 22.1. The van der Waals surface area contributed by atoms with E-state index < -0.39 is 11.9 Å². The highest BCUT2D eigenvalue weighted by atomic mass is 16.5. The number of methoxy groups -OCH3 is 2. The van der Waals surface area contributed by atoms with Gasteiger partial charge < -0.3 is 19.9 Å². The molecule has 7 nitrogen and oxygen atoms in total. The van der Waals surface area contributed by atoms with Gasteiger partial charge >= 0.3 is 5.97 Å². The molecule has 0 bridgehead atoms. The van der Waals surface area contributed by atoms with E-state index in [0.29, 0.717) is 22.7 Å². The van der Waals surface area contributed by atoms with Crippen molar-refractivity contribution in [3.05, 3.63) is 17.7 Å². The Morgan fingerprint density at radius 3 is 2.57 bits per heavy atom. The Hall–Kier alpha value is -2.75. The molecule has 0 aliphatic heterocycles. The van der Waals surface area contributed by atoms with Crippen molar-refractivity contribution >= 4 is 17.6 Å². The van der Waals surface area contributed by atoms with Gasteiger partial charge in [-0.15, -0.1) is 0 Å². The third kappa shape index (κ3) is 4.69. The highest BCUT2D eigenvalue weighted by Crippen LogP contribution is 2.35. The Labute approximate surface area is 122 Å². The minimum atomic E-state index is -0.935. The molecule has 0 saturated heterocycles. The zero-order valence-corrected chi connectivity index (χ0v) is 11.8. The normalized spacial score (nSPS) is 9.57. The van der Waals surface area contributed by atoms with E-state index in [9.17, 15) is 9.59 Å². The first kappa shape index (κ1) is 16.3. The highest BCUT2D eigenvalue weighted by molar-refractivity contribution is 5.92. The third-order valence-corrected chi connectivity index (χ3v) is 2.69. The zero-order chi connectivity index (χ0) is 15.8. The molecule has 0 spiro atoms. The fourth-order valence-corrected chi connectivity index (χ4v) is 1.82. The molecule has 0 heterocycles. The Kier molecular flexibility index (Phi) is 6.01. The van der Waals surface area contributed by atoms with E-state index in [2.05, 4.69) is 5.32 Å². The van der Waals surface area contributed by atoms with Crippen molar-refractivity contribution in [3.63, 3.8) is 0 Å². The second-order valence-corrected chi connectivity index (χ2v) is 4.15. The van der Waals surface area contributed by atoms with Crippen LogP contribution in [0.2, 0.25) is 0 Å². The summed E-state index contributed by atoms with van der Waals surface area (Å²) in [6.45, 7) is 0. The molecule has 0 atom stereocenters. The number of carboxylic acid groups (broad SMARTS) is 1. The van der Waals surface area contributed by atoms with Gasteiger partial charge in [0.15, 0.2) is 11.5 Å². The van der Waals surface area contributed by atoms with Crippen molar-refractivity contribution in [2.75, 3.05) is 19.5 Å². The van der Waals surface area contributed by atoms with Crippen LogP contribution in [0.5, 0.6) is 11.5 Å². The highest BCUT2D eigenvalue weighted by Gasteiger charge is 2.14. The molecule has 1 rings (SSSR count). The Morgan fingerprint density at radius 2 is 2.05 bits per heavy atom. The van der Waals surface area contributed by atoms with Gasteiger partial charge in [-0.05, 0) is 12.5 Å². The number of rotatable bonds is 7. The van der Waals surface area contributed by atoms with Crippen molar-refractivity contribution in [2.45, 2.75) is 19.3 Å². The van der Waals surface area contributed by atoms with Crippen LogP contribution in [0.3, 0.4) is 0 Å². The van der Waals surface area contributed by atoms with Crippen LogP contribution in [0.1, 0.15) is 18.4 Å². The van der Waals surface area contributed by atoms with Gasteiger partial charge in [0.2, 0.25) is 5.91 Å². The van der Waals surface area contributed by atoms with Gasteiger partial charge in [0.1, 0.15) is 6.42 Å². The summed E-state index contributed by atoms with van der Waals surface area (Å²) < 4.78 is 10.4. The summed E-state index contributed by atoms with van der Waals surface area (Å²) in [5.74, 6) is -0.575. The monoisotopic (exact) mass is 292 g/mol. The second-order valence-electron chi connectivity index (χ2n) is 4.15. The lowest BCUT2D eigenvalue weighted by Crippen LogP contribution is -2.11. The molecule has 0 aliphatic carbocycles. The maximum absolute atomic E-state index is 11.4. The number of aryl methyl sites for hydroxylation is 1. The summed E-state index contributed by atoms with van der Waals surface area (Å²) in [5.41, 5.74) is 1.03. The molecule has 0 aliphatic rings. The number of hydrogen-bond donors (Lipinski definition) is 2. The first-order valence-electron chi connectivity index (χ1n) is 6.15. The van der Waals surface area contributed by atoms with Crippen molar-refractivity contribution < 1.29 is 24.2 Å². The minimum absolute atomic E-state index is 0.0743. The number of anilines is 1. The fourth-order valence-electron chi connectivity index (χ4n) is 1.82. The van der Waals surface area contributed by atoms with Crippen LogP contribution in [0.4, 0.5) is 5.69 Å². The number of hydrogen-bond acceptors (Lipinski definition) is 5. The van der Waals surface area contributed by atoms with E-state index in [1.807, 2.05) is 0 Å². The zero-order valence-electron chi connectivity index (χ0n) is 11.8. The molecular formula is C14H16N2O5. The van der Waals surface area contributed by atoms with E-state index in [1.54, 1.807) is 18.2 Å². The Morgan fingerprint density at radius 1 is 1.33 bits per heavy atom. The lowest BCUT2D eigenvalue weighted by atomic mass is 10.1. The molecule has 7 heteroatoms. The van der Waals surface area contributed by atoms with Crippen LogP contribution in [0, 0.1) is 11.3 Å². The van der Waals surface area contributed by atoms with Gasteiger partial charge in [-0.3, -0.25) is 9.59 Å². The number of benzene rings is 1. The molecule has 112 valence electrons. The predicted octanol–water partition coefficient (Wildman–Crippen LogP) is 1.57. The average Bonchev–Trinajstić information content (AvgIpc) is 2.44. The van der Waals surface area contributed by atoms with E-state index in [-0.39, 0.29) is 19.3 Å². The predicted molar refractivity (Wildman–Crippen MR) is 74.4 cm³/mol. The van der Waals surface area contributed by atoms with Crippen LogP contribution in [-0.4, -0.2) is 31.2 Å². The number of nitriles is 1. The topological polar surface area (TPSA) is 109 Å². The molecule has 1 amide bonds. The number of ether oxygens (including phenoxy) is 2. The maximum atomic E-state index is 11.4. The molecule has 2 N–H and O–H groups in total. The largest absolute Gasteiger partial charge is 0.493 e. The van der Waals surface area contributed by atoms with Crippen LogP contribution in [-0.2, 0) is 16.0 Å². The number of carbonyl (C=O) groups is 2. The van der Waals surface area contributed by atoms with Gasteiger partial charge in [-0.2, -0.15) is 5.26 Å². The van der Waals surface area contributed by atoms with Crippen LogP contribution < -0.4 is 14.8 Å². The number of amides is 1. The van der Waals surface area contributed by atoms with Crippen LogP contribution >= 0.6 is 0 Å². The molecular weight excluding hydrogens is 276 g/mol. The van der Waals surface area contributed by atoms with E-state index in [4.69, 9.17) is 19.8 Å². The van der Waals surface area contributed by atoms with Crippen molar-refractivity contribution in [3.8, 4) is 17.6 Å². The summed E-state index contributed by atoms with van der Waals surface area (Å²) in [6.07, 6.45) is -0.106. The van der Waals surface area contributed by atoms with E-state index in [1.165, 1.54) is 14.2 Å². The lowest BCUT2D eigenvalue weighted by molar-refractivity contribution is -0.137. The van der Waals surface area contributed by atoms with Gasteiger partial charge in [0.05, 0.1) is 20.3 Å². The van der Waals surface area contributed by atoms with Crippen LogP contribution in [0.25, 0.3) is 0 Å². The molecule has 1 aromatic carbocycles. The van der Waals surface area contributed by atoms with Gasteiger partial charge in [0.25, 0.3) is 0 Å². The summed E-state index contributed by atoms with van der Waals surface area (Å²) in [5, 5.41) is 19.8. The number of aliphatic carboxylic acids is 1. The molecule has 1 aromatic rings. The van der Waals surface area contributed by atoms with E-state index in [0.717, 1.165) is 0 Å². The second kappa shape index (κ2) is 7.75. The molecule has 21 heavy (non-hydrogen) atoms. The van der Waals surface area contributed by atoms with Gasteiger partial charge in [-0.25, -0.2) is 0 Å². The fraction of sp³-hybridized carbons (Fsp3) is 0.357. The van der Waals surface area contributed by atoms with Gasteiger partial charge in [-0.1, -0.05) is 0 Å². The first-order valence-corrected chi connectivity index (χ1v) is 6.15. The van der Waals surface area contributed by atoms with E-state index >= 15 is 0 Å². The molecule has 0 fully saturated rings. The summed E-state index contributed by atoms with van der Waals surface area (Å²) in [7, 11) is 2.90. The van der Waals surface area contributed by atoms with Crippen LogP contribution in [0.15, 0.2) is 12.1 Å². The lowest BCUT2D eigenvalue weighted by Gasteiger charge is -2.15. The molecule has 0 unspecified atom stereocenters. The standard InChI is InChI=1S/C14H16N2O5/c1-20-11-8-10(16-12(17)5-6-15)7-9(14(11)21-2)3-4-13(18)19/h7-8H,3-5H2,1-2H3,(H,16,17)(H,18,19). The van der Waals surface area contributed by atoms with Crippen molar-refractivity contribution in [1.29, 1.82) is 5.26 Å².